The molecule has 19 heavy (non-hydrogen) atoms. The molecule has 0 bridgehead atoms. The third kappa shape index (κ3) is 2.71. The second kappa shape index (κ2) is 5.17. The molecule has 1 aromatic carbocycles. The SMILES string of the molecule is Cc1cnc(C(C)NCc2ccc3c(c2)CCC3)o1. The predicted molar refractivity (Wildman–Crippen MR) is 75.0 cm³/mol. The van der Waals surface area contributed by atoms with Gasteiger partial charge in [0.15, 0.2) is 0 Å². The zero-order valence-corrected chi connectivity index (χ0v) is 11.6. The van der Waals surface area contributed by atoms with Crippen LogP contribution in [0.3, 0.4) is 0 Å². The van der Waals surface area contributed by atoms with Crippen molar-refractivity contribution in [1.82, 2.24) is 10.3 Å². The summed E-state index contributed by atoms with van der Waals surface area (Å²) in [6.45, 7) is 4.86. The first-order chi connectivity index (χ1) is 9.22. The summed E-state index contributed by atoms with van der Waals surface area (Å²) in [6.07, 6.45) is 5.55. The summed E-state index contributed by atoms with van der Waals surface area (Å²) in [5.74, 6) is 1.62. The maximum absolute atomic E-state index is 5.53. The van der Waals surface area contributed by atoms with E-state index in [0.29, 0.717) is 0 Å². The van der Waals surface area contributed by atoms with Crippen LogP contribution in [0.25, 0.3) is 0 Å². The fraction of sp³-hybridized carbons (Fsp3) is 0.438. The van der Waals surface area contributed by atoms with Crippen LogP contribution < -0.4 is 5.32 Å². The minimum Gasteiger partial charge on any atom is -0.444 e. The number of fused-ring (bicyclic) bond motifs is 1. The van der Waals surface area contributed by atoms with E-state index in [2.05, 4.69) is 35.4 Å². The number of hydrogen-bond donors (Lipinski definition) is 1. The van der Waals surface area contributed by atoms with Crippen LogP contribution in [0, 0.1) is 6.92 Å². The smallest absolute Gasteiger partial charge is 0.211 e. The largest absolute Gasteiger partial charge is 0.444 e. The van der Waals surface area contributed by atoms with Gasteiger partial charge in [0.05, 0.1) is 12.2 Å². The summed E-state index contributed by atoms with van der Waals surface area (Å²) in [6, 6.07) is 6.98. The molecule has 1 unspecified atom stereocenters. The van der Waals surface area contributed by atoms with Crippen molar-refractivity contribution in [1.29, 1.82) is 0 Å². The first-order valence-corrected chi connectivity index (χ1v) is 6.99. The fourth-order valence-electron chi connectivity index (χ4n) is 2.67. The monoisotopic (exact) mass is 256 g/mol. The van der Waals surface area contributed by atoms with Crippen LogP contribution in [0.15, 0.2) is 28.8 Å². The molecule has 1 aromatic heterocycles. The van der Waals surface area contributed by atoms with Gasteiger partial charge in [-0.2, -0.15) is 0 Å². The number of aryl methyl sites for hydroxylation is 3. The van der Waals surface area contributed by atoms with Gasteiger partial charge in [0.2, 0.25) is 5.89 Å². The minimum absolute atomic E-state index is 0.141. The lowest BCUT2D eigenvalue weighted by Crippen LogP contribution is -2.18. The van der Waals surface area contributed by atoms with Gasteiger partial charge in [-0.1, -0.05) is 18.2 Å². The van der Waals surface area contributed by atoms with Crippen LogP contribution in [-0.4, -0.2) is 4.98 Å². The van der Waals surface area contributed by atoms with E-state index >= 15 is 0 Å². The number of nitrogens with one attached hydrogen (secondary N) is 1. The third-order valence-electron chi connectivity index (χ3n) is 3.78. The molecule has 1 aliphatic rings. The van der Waals surface area contributed by atoms with Crippen LogP contribution in [0.5, 0.6) is 0 Å². The normalized spacial score (nSPS) is 15.5. The fourth-order valence-corrected chi connectivity index (χ4v) is 2.67. The van der Waals surface area contributed by atoms with Crippen LogP contribution in [0.1, 0.15) is 47.7 Å². The van der Waals surface area contributed by atoms with Gasteiger partial charge in [0.25, 0.3) is 0 Å². The summed E-state index contributed by atoms with van der Waals surface area (Å²) in [5, 5.41) is 3.46. The molecule has 1 atom stereocenters. The first-order valence-electron chi connectivity index (χ1n) is 6.99. The summed E-state index contributed by atoms with van der Waals surface area (Å²) in [5.41, 5.74) is 4.40. The number of oxazole rings is 1. The highest BCUT2D eigenvalue weighted by atomic mass is 16.4. The van der Waals surface area contributed by atoms with Crippen molar-refractivity contribution in [3.63, 3.8) is 0 Å². The molecule has 1 N–H and O–H groups in total. The van der Waals surface area contributed by atoms with E-state index in [1.165, 1.54) is 36.0 Å². The molecule has 0 fully saturated rings. The van der Waals surface area contributed by atoms with Gasteiger partial charge in [0.1, 0.15) is 5.76 Å². The van der Waals surface area contributed by atoms with E-state index in [1.807, 2.05) is 6.92 Å². The van der Waals surface area contributed by atoms with E-state index in [0.717, 1.165) is 18.2 Å². The van der Waals surface area contributed by atoms with Gasteiger partial charge >= 0.3 is 0 Å². The Labute approximate surface area is 114 Å². The summed E-state index contributed by atoms with van der Waals surface area (Å²) >= 11 is 0. The van der Waals surface area contributed by atoms with E-state index in [1.54, 1.807) is 6.20 Å². The third-order valence-corrected chi connectivity index (χ3v) is 3.78. The van der Waals surface area contributed by atoms with Gasteiger partial charge in [-0.05, 0) is 49.8 Å². The van der Waals surface area contributed by atoms with Crippen LogP contribution in [0.2, 0.25) is 0 Å². The Morgan fingerprint density at radius 3 is 2.95 bits per heavy atom. The van der Waals surface area contributed by atoms with Crippen molar-refractivity contribution in [3.8, 4) is 0 Å². The number of benzene rings is 1. The summed E-state index contributed by atoms with van der Waals surface area (Å²) in [7, 11) is 0. The first kappa shape index (κ1) is 12.4. The van der Waals surface area contributed by atoms with Crippen molar-refractivity contribution >= 4 is 0 Å². The molecule has 0 spiro atoms. The second-order valence-electron chi connectivity index (χ2n) is 5.37. The highest BCUT2D eigenvalue weighted by Gasteiger charge is 2.13. The van der Waals surface area contributed by atoms with Gasteiger partial charge in [-0.15, -0.1) is 0 Å². The highest BCUT2D eigenvalue weighted by molar-refractivity contribution is 5.35. The van der Waals surface area contributed by atoms with Crippen LogP contribution in [0.4, 0.5) is 0 Å². The highest BCUT2D eigenvalue weighted by Crippen LogP contribution is 2.23. The molecule has 0 amide bonds. The lowest BCUT2D eigenvalue weighted by atomic mass is 10.1. The van der Waals surface area contributed by atoms with E-state index in [-0.39, 0.29) is 6.04 Å². The molecular weight excluding hydrogens is 236 g/mol. The Morgan fingerprint density at radius 2 is 2.16 bits per heavy atom. The van der Waals surface area contributed by atoms with Crippen molar-refractivity contribution < 1.29 is 4.42 Å². The number of rotatable bonds is 4. The van der Waals surface area contributed by atoms with Crippen molar-refractivity contribution in [2.75, 3.05) is 0 Å². The Bertz CT molecular complexity index is 574. The quantitative estimate of drug-likeness (QED) is 0.912. The molecule has 1 aliphatic carbocycles. The molecule has 1 heterocycles. The predicted octanol–water partition coefficient (Wildman–Crippen LogP) is 3.32. The Hall–Kier alpha value is -1.61. The van der Waals surface area contributed by atoms with Gasteiger partial charge in [-0.25, -0.2) is 4.98 Å². The summed E-state index contributed by atoms with van der Waals surface area (Å²) in [4.78, 5) is 4.26. The molecule has 0 saturated carbocycles. The molecule has 2 aromatic rings. The molecular formula is C16H20N2O. The van der Waals surface area contributed by atoms with Gasteiger partial charge in [0, 0.05) is 6.54 Å². The molecule has 3 heteroatoms. The average Bonchev–Trinajstić information content (AvgIpc) is 3.03. The minimum atomic E-state index is 0.141. The lowest BCUT2D eigenvalue weighted by Gasteiger charge is -2.11. The molecule has 0 saturated heterocycles. The van der Waals surface area contributed by atoms with Crippen LogP contribution in [-0.2, 0) is 19.4 Å². The number of nitrogens with zero attached hydrogens (tertiary/aromatic N) is 1. The zero-order valence-electron chi connectivity index (χ0n) is 11.6. The van der Waals surface area contributed by atoms with E-state index in [4.69, 9.17) is 4.42 Å². The molecule has 3 nitrogen and oxygen atoms in total. The van der Waals surface area contributed by atoms with Crippen molar-refractivity contribution in [3.05, 3.63) is 52.7 Å². The maximum atomic E-state index is 5.53. The van der Waals surface area contributed by atoms with Crippen molar-refractivity contribution in [2.24, 2.45) is 0 Å². The molecule has 3 rings (SSSR count). The Kier molecular flexibility index (Phi) is 3.38. The van der Waals surface area contributed by atoms with Crippen molar-refractivity contribution in [2.45, 2.75) is 45.7 Å². The molecule has 0 radical (unpaired) electrons. The van der Waals surface area contributed by atoms with E-state index < -0.39 is 0 Å². The summed E-state index contributed by atoms with van der Waals surface area (Å²) < 4.78 is 5.53. The number of hydrogen-bond acceptors (Lipinski definition) is 3. The standard InChI is InChI=1S/C16H20N2O/c1-11-9-18-16(19-11)12(2)17-10-13-6-7-14-4-3-5-15(14)8-13/h6-9,12,17H,3-5,10H2,1-2H3. The second-order valence-corrected chi connectivity index (χ2v) is 5.37. The lowest BCUT2D eigenvalue weighted by molar-refractivity contribution is 0.402. The topological polar surface area (TPSA) is 38.1 Å². The Morgan fingerprint density at radius 1 is 1.32 bits per heavy atom. The molecule has 0 aliphatic heterocycles. The number of aromatic nitrogens is 1. The maximum Gasteiger partial charge on any atom is 0.211 e. The van der Waals surface area contributed by atoms with E-state index in [9.17, 15) is 0 Å². The van der Waals surface area contributed by atoms with Crippen LogP contribution >= 0.6 is 0 Å². The molecule has 100 valence electrons. The van der Waals surface area contributed by atoms with Gasteiger partial charge in [-0.3, -0.25) is 0 Å². The average molecular weight is 256 g/mol. The zero-order chi connectivity index (χ0) is 13.2. The Balaban J connectivity index is 1.63. The van der Waals surface area contributed by atoms with Gasteiger partial charge < -0.3 is 9.73 Å².